The molecule has 1 atom stereocenters. The highest BCUT2D eigenvalue weighted by molar-refractivity contribution is 6.04. The van der Waals surface area contributed by atoms with E-state index < -0.39 is 5.60 Å². The lowest BCUT2D eigenvalue weighted by Crippen LogP contribution is -2.48. The van der Waals surface area contributed by atoms with Gasteiger partial charge in [0.1, 0.15) is 6.04 Å². The van der Waals surface area contributed by atoms with E-state index in [0.29, 0.717) is 25.3 Å². The number of hydrogen-bond donors (Lipinski definition) is 1. The lowest BCUT2D eigenvalue weighted by Gasteiger charge is -2.36. The summed E-state index contributed by atoms with van der Waals surface area (Å²) in [6, 6.07) is -0.446. The van der Waals surface area contributed by atoms with Crippen LogP contribution in [0.1, 0.15) is 45.4 Å². The molecule has 3 rings (SSSR count). The van der Waals surface area contributed by atoms with Crippen molar-refractivity contribution in [2.24, 2.45) is 5.92 Å². The number of amides is 3. The highest BCUT2D eigenvalue weighted by atomic mass is 16.3. The van der Waals surface area contributed by atoms with E-state index in [9.17, 15) is 14.7 Å². The van der Waals surface area contributed by atoms with Crippen LogP contribution in [0, 0.1) is 5.92 Å². The second-order valence-corrected chi connectivity index (χ2v) is 6.47. The van der Waals surface area contributed by atoms with E-state index in [4.69, 9.17) is 0 Å². The van der Waals surface area contributed by atoms with Gasteiger partial charge in [0.05, 0.1) is 12.1 Å². The zero-order valence-electron chi connectivity index (χ0n) is 11.5. The Labute approximate surface area is 113 Å². The molecular formula is C14H22N2O3. The van der Waals surface area contributed by atoms with Gasteiger partial charge in [0.25, 0.3) is 5.91 Å². The molecule has 106 valence electrons. The molecule has 2 saturated heterocycles. The monoisotopic (exact) mass is 266 g/mol. The van der Waals surface area contributed by atoms with E-state index in [1.54, 1.807) is 4.90 Å². The fraction of sp³-hybridized carbons (Fsp3) is 0.857. The molecule has 0 aromatic carbocycles. The van der Waals surface area contributed by atoms with E-state index >= 15 is 0 Å². The van der Waals surface area contributed by atoms with Crippen molar-refractivity contribution >= 4 is 11.9 Å². The molecule has 0 aromatic rings. The molecule has 0 bridgehead atoms. The molecule has 1 N–H and O–H groups in total. The molecular weight excluding hydrogens is 244 g/mol. The van der Waals surface area contributed by atoms with Gasteiger partial charge in [-0.1, -0.05) is 6.92 Å². The van der Waals surface area contributed by atoms with Crippen molar-refractivity contribution in [2.45, 2.75) is 57.1 Å². The minimum Gasteiger partial charge on any atom is -0.388 e. The summed E-state index contributed by atoms with van der Waals surface area (Å²) < 4.78 is 0. The Kier molecular flexibility index (Phi) is 3.04. The Balaban J connectivity index is 1.70. The quantitative estimate of drug-likeness (QED) is 0.768. The SMILES string of the molecule is CC1CCC(O)(CN2C(=O)[C@@H]3CCCN3C2=O)CC1. The van der Waals surface area contributed by atoms with Crippen molar-refractivity contribution in [3.05, 3.63) is 0 Å². The number of carbonyl (C=O) groups is 2. The van der Waals surface area contributed by atoms with E-state index in [2.05, 4.69) is 6.92 Å². The first kappa shape index (κ1) is 12.9. The van der Waals surface area contributed by atoms with Gasteiger partial charge in [-0.3, -0.25) is 9.69 Å². The van der Waals surface area contributed by atoms with Crippen molar-refractivity contribution in [1.29, 1.82) is 0 Å². The van der Waals surface area contributed by atoms with Gasteiger partial charge in [0, 0.05) is 6.54 Å². The fourth-order valence-electron chi connectivity index (χ4n) is 3.58. The first-order valence-corrected chi connectivity index (χ1v) is 7.34. The average Bonchev–Trinajstić information content (AvgIpc) is 2.94. The number of fused-ring (bicyclic) bond motifs is 1. The third kappa shape index (κ3) is 2.14. The molecule has 19 heavy (non-hydrogen) atoms. The summed E-state index contributed by atoms with van der Waals surface area (Å²) in [5.41, 5.74) is -0.864. The minimum absolute atomic E-state index is 0.102. The predicted molar refractivity (Wildman–Crippen MR) is 69.4 cm³/mol. The molecule has 3 aliphatic rings. The number of nitrogens with zero attached hydrogens (tertiary/aromatic N) is 2. The van der Waals surface area contributed by atoms with Crippen LogP contribution in [0.4, 0.5) is 4.79 Å². The molecule has 1 saturated carbocycles. The Morgan fingerprint density at radius 2 is 1.95 bits per heavy atom. The Morgan fingerprint density at radius 3 is 2.58 bits per heavy atom. The predicted octanol–water partition coefficient (Wildman–Crippen LogP) is 1.35. The van der Waals surface area contributed by atoms with Crippen molar-refractivity contribution in [3.63, 3.8) is 0 Å². The summed E-state index contributed by atoms with van der Waals surface area (Å²) in [5.74, 6) is 0.530. The molecule has 2 aliphatic heterocycles. The molecule has 3 amide bonds. The van der Waals surface area contributed by atoms with Crippen LogP contribution in [0.15, 0.2) is 0 Å². The van der Waals surface area contributed by atoms with Gasteiger partial charge in [-0.25, -0.2) is 4.79 Å². The van der Waals surface area contributed by atoms with Crippen molar-refractivity contribution < 1.29 is 14.7 Å². The molecule has 0 radical (unpaired) electrons. The minimum atomic E-state index is -0.864. The Hall–Kier alpha value is -1.10. The van der Waals surface area contributed by atoms with Gasteiger partial charge in [0.2, 0.25) is 0 Å². The first-order chi connectivity index (χ1) is 9.00. The molecule has 3 fully saturated rings. The maximum absolute atomic E-state index is 12.2. The zero-order chi connectivity index (χ0) is 13.6. The molecule has 5 heteroatoms. The molecule has 1 aliphatic carbocycles. The standard InChI is InChI=1S/C14H22N2O3/c1-10-4-6-14(19,7-5-10)9-16-12(17)11-3-2-8-15(11)13(16)18/h10-11,19H,2-9H2,1H3/t10?,11-,14?/m0/s1. The van der Waals surface area contributed by atoms with Crippen molar-refractivity contribution in [3.8, 4) is 0 Å². The number of urea groups is 1. The highest BCUT2D eigenvalue weighted by Gasteiger charge is 2.49. The number of β-amino-alcohol motifs (C(OH)–C–C–N with tert-alkyl or cyclic N) is 1. The third-order valence-electron chi connectivity index (χ3n) is 4.94. The largest absolute Gasteiger partial charge is 0.388 e. The smallest absolute Gasteiger partial charge is 0.327 e. The van der Waals surface area contributed by atoms with Gasteiger partial charge in [-0.05, 0) is 44.4 Å². The van der Waals surface area contributed by atoms with Gasteiger partial charge >= 0.3 is 6.03 Å². The molecule has 0 aromatic heterocycles. The molecule has 5 nitrogen and oxygen atoms in total. The number of aliphatic hydroxyl groups is 1. The lowest BCUT2D eigenvalue weighted by atomic mass is 9.79. The van der Waals surface area contributed by atoms with Crippen molar-refractivity contribution in [1.82, 2.24) is 9.80 Å². The van der Waals surface area contributed by atoms with Gasteiger partial charge in [-0.2, -0.15) is 0 Å². The molecule has 0 spiro atoms. The van der Waals surface area contributed by atoms with Crippen LogP contribution in [-0.2, 0) is 4.79 Å². The lowest BCUT2D eigenvalue weighted by molar-refractivity contribution is -0.131. The molecule has 2 heterocycles. The molecule has 0 unspecified atom stereocenters. The summed E-state index contributed by atoms with van der Waals surface area (Å²) in [6.07, 6.45) is 5.01. The maximum Gasteiger partial charge on any atom is 0.327 e. The Morgan fingerprint density at radius 1 is 1.26 bits per heavy atom. The third-order valence-corrected chi connectivity index (χ3v) is 4.94. The van der Waals surface area contributed by atoms with Crippen LogP contribution in [0.5, 0.6) is 0 Å². The topological polar surface area (TPSA) is 60.9 Å². The Bertz CT molecular complexity index is 379. The van der Waals surface area contributed by atoms with Crippen LogP contribution in [-0.4, -0.2) is 51.6 Å². The maximum atomic E-state index is 12.2. The highest BCUT2D eigenvalue weighted by Crippen LogP contribution is 2.35. The summed E-state index contributed by atoms with van der Waals surface area (Å²) in [7, 11) is 0. The van der Waals surface area contributed by atoms with Crippen LogP contribution < -0.4 is 0 Å². The fourth-order valence-corrected chi connectivity index (χ4v) is 3.58. The summed E-state index contributed by atoms with van der Waals surface area (Å²) >= 11 is 0. The average molecular weight is 266 g/mol. The van der Waals surface area contributed by atoms with Crippen LogP contribution in [0.3, 0.4) is 0 Å². The number of carbonyl (C=O) groups excluding carboxylic acids is 2. The van der Waals surface area contributed by atoms with Gasteiger partial charge < -0.3 is 10.0 Å². The van der Waals surface area contributed by atoms with E-state index in [1.807, 2.05) is 0 Å². The summed E-state index contributed by atoms with van der Waals surface area (Å²) in [5, 5.41) is 10.6. The van der Waals surface area contributed by atoms with Crippen LogP contribution in [0.2, 0.25) is 0 Å². The first-order valence-electron chi connectivity index (χ1n) is 7.34. The van der Waals surface area contributed by atoms with E-state index in [0.717, 1.165) is 25.7 Å². The second kappa shape index (κ2) is 4.47. The zero-order valence-corrected chi connectivity index (χ0v) is 11.5. The second-order valence-electron chi connectivity index (χ2n) is 6.47. The summed E-state index contributed by atoms with van der Waals surface area (Å²) in [4.78, 5) is 27.4. The van der Waals surface area contributed by atoms with Gasteiger partial charge in [-0.15, -0.1) is 0 Å². The van der Waals surface area contributed by atoms with Crippen LogP contribution >= 0.6 is 0 Å². The number of rotatable bonds is 2. The van der Waals surface area contributed by atoms with Crippen molar-refractivity contribution in [2.75, 3.05) is 13.1 Å². The van der Waals surface area contributed by atoms with E-state index in [1.165, 1.54) is 4.90 Å². The normalized spacial score (nSPS) is 39.1. The number of imide groups is 1. The summed E-state index contributed by atoms with van der Waals surface area (Å²) in [6.45, 7) is 3.05. The van der Waals surface area contributed by atoms with Crippen LogP contribution in [0.25, 0.3) is 0 Å². The number of hydrogen-bond acceptors (Lipinski definition) is 3. The van der Waals surface area contributed by atoms with Gasteiger partial charge in [0.15, 0.2) is 0 Å². The van der Waals surface area contributed by atoms with E-state index in [-0.39, 0.29) is 24.5 Å².